The van der Waals surface area contributed by atoms with Gasteiger partial charge in [0.05, 0.1) is 25.5 Å². The Morgan fingerprint density at radius 3 is 2.84 bits per heavy atom. The molecule has 166 valence electrons. The van der Waals surface area contributed by atoms with Crippen molar-refractivity contribution in [2.24, 2.45) is 0 Å². The molecule has 32 heavy (non-hydrogen) atoms. The zero-order chi connectivity index (χ0) is 22.3. The van der Waals surface area contributed by atoms with Gasteiger partial charge in [0.25, 0.3) is 0 Å². The molecule has 0 spiro atoms. The van der Waals surface area contributed by atoms with Gasteiger partial charge in [-0.15, -0.1) is 0 Å². The van der Waals surface area contributed by atoms with Crippen LogP contribution in [0, 0.1) is 0 Å². The van der Waals surface area contributed by atoms with E-state index in [0.717, 1.165) is 36.7 Å². The second-order valence-electron chi connectivity index (χ2n) is 7.58. The Bertz CT molecular complexity index is 1070. The van der Waals surface area contributed by atoms with Crippen LogP contribution in [-0.4, -0.2) is 46.5 Å². The van der Waals surface area contributed by atoms with Crippen LogP contribution in [-0.2, 0) is 0 Å². The highest BCUT2D eigenvalue weighted by Crippen LogP contribution is 2.30. The number of Topliss-reactive ketones (excluding diaryl/α,β-unsaturated/α-hetero) is 1. The van der Waals surface area contributed by atoms with E-state index in [1.165, 1.54) is 6.92 Å². The smallest absolute Gasteiger partial charge is 0.161 e. The molecule has 0 amide bonds. The van der Waals surface area contributed by atoms with E-state index in [0.29, 0.717) is 30.4 Å². The summed E-state index contributed by atoms with van der Waals surface area (Å²) in [7, 11) is 0. The van der Waals surface area contributed by atoms with Crippen LogP contribution in [0.15, 0.2) is 55.0 Å². The number of aromatic nitrogens is 3. The minimum Gasteiger partial charge on any atom is -0.490 e. The van der Waals surface area contributed by atoms with Crippen molar-refractivity contribution in [1.29, 1.82) is 0 Å². The number of ether oxygens (including phenoxy) is 2. The van der Waals surface area contributed by atoms with Gasteiger partial charge in [0.1, 0.15) is 17.7 Å². The number of para-hydroxylation sites is 2. The molecule has 8 heteroatoms. The van der Waals surface area contributed by atoms with Crippen LogP contribution in [0.3, 0.4) is 0 Å². The summed E-state index contributed by atoms with van der Waals surface area (Å²) in [5.74, 6) is 3.40. The number of piperidine rings is 1. The molecule has 0 radical (unpaired) electrons. The number of rotatable bonds is 8. The van der Waals surface area contributed by atoms with Gasteiger partial charge in [-0.25, -0.2) is 9.97 Å². The number of pyridine rings is 1. The van der Waals surface area contributed by atoms with Gasteiger partial charge in [0.2, 0.25) is 0 Å². The number of nitrogens with one attached hydrogen (secondary N) is 1. The molecular weight excluding hydrogens is 406 g/mol. The number of anilines is 3. The van der Waals surface area contributed by atoms with Gasteiger partial charge in [0, 0.05) is 18.3 Å². The molecule has 0 bridgehead atoms. The second-order valence-corrected chi connectivity index (χ2v) is 7.58. The van der Waals surface area contributed by atoms with Crippen molar-refractivity contribution in [3.63, 3.8) is 0 Å². The Morgan fingerprint density at radius 2 is 2.03 bits per heavy atom. The summed E-state index contributed by atoms with van der Waals surface area (Å²) < 4.78 is 12.0. The van der Waals surface area contributed by atoms with Gasteiger partial charge in [-0.05, 0) is 51.0 Å². The maximum atomic E-state index is 11.6. The van der Waals surface area contributed by atoms with Gasteiger partial charge in [-0.3, -0.25) is 9.78 Å². The van der Waals surface area contributed by atoms with Crippen molar-refractivity contribution >= 4 is 23.2 Å². The summed E-state index contributed by atoms with van der Waals surface area (Å²) in [6, 6.07) is 11.2. The molecule has 2 aromatic heterocycles. The number of carbonyl (C=O) groups is 1. The molecule has 1 N–H and O–H groups in total. The number of hydrogen-bond acceptors (Lipinski definition) is 8. The fraction of sp³-hybridized carbons (Fsp3) is 0.333. The molecule has 1 fully saturated rings. The number of carbonyl (C=O) groups excluding carboxylic acids is 1. The summed E-state index contributed by atoms with van der Waals surface area (Å²) in [5, 5.41) is 3.14. The second kappa shape index (κ2) is 10.1. The third-order valence-electron chi connectivity index (χ3n) is 5.19. The van der Waals surface area contributed by atoms with Gasteiger partial charge in [-0.1, -0.05) is 12.1 Å². The lowest BCUT2D eigenvalue weighted by Crippen LogP contribution is -2.41. The number of ketones is 1. The van der Waals surface area contributed by atoms with E-state index in [1.807, 2.05) is 31.2 Å². The largest absolute Gasteiger partial charge is 0.490 e. The fourth-order valence-corrected chi connectivity index (χ4v) is 3.66. The predicted octanol–water partition coefficient (Wildman–Crippen LogP) is 4.26. The molecule has 1 saturated heterocycles. The standard InChI is InChI=1S/C24H27N5O3/c1-3-31-20-8-4-5-9-21(20)32-19-7-6-12-29(16-19)24-15-25-14-23(28-24)27-22-13-18(17(2)30)10-11-26-22/h4-5,8-11,13-15,19H,3,6-7,12,16H2,1-2H3,(H,26,27,28)/t19-/m1/s1. The first-order chi connectivity index (χ1) is 15.6. The normalized spacial score (nSPS) is 15.8. The van der Waals surface area contributed by atoms with Gasteiger partial charge in [-0.2, -0.15) is 0 Å². The van der Waals surface area contributed by atoms with Crippen molar-refractivity contribution in [3.8, 4) is 11.5 Å². The van der Waals surface area contributed by atoms with Gasteiger partial charge < -0.3 is 19.7 Å². The lowest BCUT2D eigenvalue weighted by Gasteiger charge is -2.33. The predicted molar refractivity (Wildman–Crippen MR) is 123 cm³/mol. The van der Waals surface area contributed by atoms with E-state index in [-0.39, 0.29) is 11.9 Å². The SMILES string of the molecule is CCOc1ccccc1O[C@@H]1CCCN(c2cncc(Nc3cc(C(C)=O)ccn3)n2)C1. The Balaban J connectivity index is 1.45. The van der Waals surface area contributed by atoms with Crippen LogP contribution >= 0.6 is 0 Å². The highest BCUT2D eigenvalue weighted by molar-refractivity contribution is 5.94. The van der Waals surface area contributed by atoms with Crippen molar-refractivity contribution in [2.75, 3.05) is 29.9 Å². The third-order valence-corrected chi connectivity index (χ3v) is 5.19. The van der Waals surface area contributed by atoms with Crippen molar-refractivity contribution in [2.45, 2.75) is 32.8 Å². The molecule has 8 nitrogen and oxygen atoms in total. The molecule has 3 aromatic rings. The monoisotopic (exact) mass is 433 g/mol. The summed E-state index contributed by atoms with van der Waals surface area (Å²) in [6.07, 6.45) is 6.97. The van der Waals surface area contributed by atoms with E-state index < -0.39 is 0 Å². The zero-order valence-corrected chi connectivity index (χ0v) is 18.3. The maximum Gasteiger partial charge on any atom is 0.161 e. The van der Waals surface area contributed by atoms with E-state index in [4.69, 9.17) is 14.5 Å². The number of nitrogens with zero attached hydrogens (tertiary/aromatic N) is 4. The summed E-state index contributed by atoms with van der Waals surface area (Å²) in [4.78, 5) is 27.1. The zero-order valence-electron chi connectivity index (χ0n) is 18.3. The molecule has 1 aliphatic heterocycles. The van der Waals surface area contributed by atoms with Crippen molar-refractivity contribution in [1.82, 2.24) is 15.0 Å². The van der Waals surface area contributed by atoms with Crippen LogP contribution < -0.4 is 19.7 Å². The van der Waals surface area contributed by atoms with Crippen molar-refractivity contribution in [3.05, 3.63) is 60.6 Å². The first-order valence-corrected chi connectivity index (χ1v) is 10.8. The molecule has 1 atom stereocenters. The average Bonchev–Trinajstić information content (AvgIpc) is 2.81. The molecule has 0 aliphatic carbocycles. The minimum atomic E-state index is -0.0134. The number of hydrogen-bond donors (Lipinski definition) is 1. The summed E-state index contributed by atoms with van der Waals surface area (Å²) in [5.41, 5.74) is 0.593. The number of benzene rings is 1. The summed E-state index contributed by atoms with van der Waals surface area (Å²) >= 11 is 0. The molecule has 0 saturated carbocycles. The minimum absolute atomic E-state index is 0.0134. The van der Waals surface area contributed by atoms with Crippen LogP contribution in [0.4, 0.5) is 17.5 Å². The van der Waals surface area contributed by atoms with E-state index in [2.05, 4.69) is 20.2 Å². The Morgan fingerprint density at radius 1 is 1.19 bits per heavy atom. The fourth-order valence-electron chi connectivity index (χ4n) is 3.66. The van der Waals surface area contributed by atoms with Crippen molar-refractivity contribution < 1.29 is 14.3 Å². The molecule has 3 heterocycles. The lowest BCUT2D eigenvalue weighted by atomic mass is 10.1. The van der Waals surface area contributed by atoms with Crippen LogP contribution in [0.1, 0.15) is 37.0 Å². The van der Waals surface area contributed by atoms with E-state index in [9.17, 15) is 4.79 Å². The Hall–Kier alpha value is -3.68. The van der Waals surface area contributed by atoms with E-state index >= 15 is 0 Å². The van der Waals surface area contributed by atoms with Gasteiger partial charge in [0.15, 0.2) is 23.1 Å². The maximum absolute atomic E-state index is 11.6. The van der Waals surface area contributed by atoms with Crippen LogP contribution in [0.2, 0.25) is 0 Å². The van der Waals surface area contributed by atoms with Crippen LogP contribution in [0.25, 0.3) is 0 Å². The molecule has 1 aliphatic rings. The summed E-state index contributed by atoms with van der Waals surface area (Å²) in [6.45, 7) is 5.67. The lowest BCUT2D eigenvalue weighted by molar-refractivity contribution is 0.101. The first kappa shape index (κ1) is 21.5. The van der Waals surface area contributed by atoms with Gasteiger partial charge >= 0.3 is 0 Å². The topological polar surface area (TPSA) is 89.5 Å². The highest BCUT2D eigenvalue weighted by Gasteiger charge is 2.24. The third kappa shape index (κ3) is 5.32. The quantitative estimate of drug-likeness (QED) is 0.527. The Labute approximate surface area is 187 Å². The van der Waals surface area contributed by atoms with E-state index in [1.54, 1.807) is 30.7 Å². The van der Waals surface area contributed by atoms with Crippen LogP contribution in [0.5, 0.6) is 11.5 Å². The molecule has 0 unspecified atom stereocenters. The molecule has 1 aromatic carbocycles. The first-order valence-electron chi connectivity index (χ1n) is 10.8. The highest BCUT2D eigenvalue weighted by atomic mass is 16.5. The molecular formula is C24H27N5O3. The Kier molecular flexibility index (Phi) is 6.79. The molecule has 4 rings (SSSR count). The average molecular weight is 434 g/mol.